The number of rotatable bonds is 1. The van der Waals surface area contributed by atoms with Gasteiger partial charge in [-0.15, -0.1) is 0 Å². The maximum atomic E-state index is 12.7. The van der Waals surface area contributed by atoms with Crippen LogP contribution in [0.4, 0.5) is 5.69 Å². The molecule has 1 atom stereocenters. The van der Waals surface area contributed by atoms with Crippen molar-refractivity contribution in [3.05, 3.63) is 29.3 Å². The first-order valence-electron chi connectivity index (χ1n) is 7.88. The minimum absolute atomic E-state index is 0.0521. The molecule has 2 heterocycles. The van der Waals surface area contributed by atoms with Gasteiger partial charge in [0, 0.05) is 44.4 Å². The first kappa shape index (κ1) is 15.0. The van der Waals surface area contributed by atoms with Crippen molar-refractivity contribution >= 4 is 17.5 Å². The van der Waals surface area contributed by atoms with Crippen molar-refractivity contribution in [2.75, 3.05) is 31.1 Å². The third kappa shape index (κ3) is 2.86. The van der Waals surface area contributed by atoms with E-state index in [0.717, 1.165) is 30.6 Å². The van der Waals surface area contributed by atoms with E-state index in [1.807, 2.05) is 30.0 Å². The standard InChI is InChI=1S/C17H22N2O3/c1-12-11-18(7-3-9-22-12)17(21)15-4-5-16-14(10-15)6-8-19(16)13(2)20/h4-5,10,12H,3,6-9,11H2,1-2H3. The van der Waals surface area contributed by atoms with Crippen molar-refractivity contribution in [3.63, 3.8) is 0 Å². The molecule has 1 fully saturated rings. The SMILES string of the molecule is CC(=O)N1CCc2cc(C(=O)N3CCCOC(C)C3)ccc21. The predicted octanol–water partition coefficient (Wildman–Crippen LogP) is 1.85. The second-order valence-electron chi connectivity index (χ2n) is 6.05. The molecule has 1 aromatic rings. The van der Waals surface area contributed by atoms with Crippen LogP contribution in [-0.4, -0.2) is 49.1 Å². The summed E-state index contributed by atoms with van der Waals surface area (Å²) in [6.07, 6.45) is 1.77. The molecule has 0 aliphatic carbocycles. The molecule has 2 aliphatic rings. The quantitative estimate of drug-likeness (QED) is 0.795. The number of fused-ring (bicyclic) bond motifs is 1. The summed E-state index contributed by atoms with van der Waals surface area (Å²) in [5.74, 6) is 0.109. The van der Waals surface area contributed by atoms with Crippen LogP contribution in [0.25, 0.3) is 0 Å². The van der Waals surface area contributed by atoms with E-state index in [9.17, 15) is 9.59 Å². The molecule has 1 unspecified atom stereocenters. The van der Waals surface area contributed by atoms with Crippen molar-refractivity contribution < 1.29 is 14.3 Å². The number of benzene rings is 1. The van der Waals surface area contributed by atoms with Gasteiger partial charge in [0.15, 0.2) is 0 Å². The number of hydrogen-bond donors (Lipinski definition) is 0. The van der Waals surface area contributed by atoms with Gasteiger partial charge in [0.05, 0.1) is 6.10 Å². The highest BCUT2D eigenvalue weighted by Crippen LogP contribution is 2.29. The summed E-state index contributed by atoms with van der Waals surface area (Å²) in [6.45, 7) is 6.36. The largest absolute Gasteiger partial charge is 0.377 e. The van der Waals surface area contributed by atoms with E-state index in [4.69, 9.17) is 4.74 Å². The molecule has 5 heteroatoms. The van der Waals surface area contributed by atoms with Crippen LogP contribution < -0.4 is 4.90 Å². The normalized spacial score (nSPS) is 21.5. The summed E-state index contributed by atoms with van der Waals surface area (Å²) in [7, 11) is 0. The van der Waals surface area contributed by atoms with Crippen LogP contribution in [0, 0.1) is 0 Å². The molecule has 0 N–H and O–H groups in total. The lowest BCUT2D eigenvalue weighted by Crippen LogP contribution is -2.36. The zero-order valence-corrected chi connectivity index (χ0v) is 13.2. The lowest BCUT2D eigenvalue weighted by Gasteiger charge is -2.22. The third-order valence-corrected chi connectivity index (χ3v) is 4.34. The van der Waals surface area contributed by atoms with Gasteiger partial charge in [-0.05, 0) is 43.5 Å². The Balaban J connectivity index is 1.81. The fourth-order valence-electron chi connectivity index (χ4n) is 3.22. The smallest absolute Gasteiger partial charge is 0.253 e. The van der Waals surface area contributed by atoms with Crippen LogP contribution in [-0.2, 0) is 16.0 Å². The van der Waals surface area contributed by atoms with E-state index in [1.165, 1.54) is 0 Å². The highest BCUT2D eigenvalue weighted by atomic mass is 16.5. The number of ether oxygens (including phenoxy) is 1. The lowest BCUT2D eigenvalue weighted by molar-refractivity contribution is -0.116. The second kappa shape index (κ2) is 6.08. The van der Waals surface area contributed by atoms with Gasteiger partial charge in [0.2, 0.25) is 5.91 Å². The van der Waals surface area contributed by atoms with Crippen LogP contribution in [0.3, 0.4) is 0 Å². The molecule has 1 saturated heterocycles. The van der Waals surface area contributed by atoms with Gasteiger partial charge in [-0.1, -0.05) is 0 Å². The average molecular weight is 302 g/mol. The van der Waals surface area contributed by atoms with Crippen LogP contribution >= 0.6 is 0 Å². The van der Waals surface area contributed by atoms with Crippen molar-refractivity contribution in [2.45, 2.75) is 32.8 Å². The van der Waals surface area contributed by atoms with Crippen molar-refractivity contribution in [1.82, 2.24) is 4.90 Å². The van der Waals surface area contributed by atoms with Crippen molar-refractivity contribution in [2.24, 2.45) is 0 Å². The Labute approximate surface area is 130 Å². The Morgan fingerprint density at radius 2 is 2.09 bits per heavy atom. The Hall–Kier alpha value is -1.88. The molecular formula is C17H22N2O3. The monoisotopic (exact) mass is 302 g/mol. The fourth-order valence-corrected chi connectivity index (χ4v) is 3.22. The van der Waals surface area contributed by atoms with Gasteiger partial charge in [-0.25, -0.2) is 0 Å². The minimum Gasteiger partial charge on any atom is -0.377 e. The summed E-state index contributed by atoms with van der Waals surface area (Å²) in [5, 5.41) is 0. The molecule has 2 amide bonds. The molecule has 0 radical (unpaired) electrons. The molecule has 0 aromatic heterocycles. The molecular weight excluding hydrogens is 280 g/mol. The van der Waals surface area contributed by atoms with E-state index in [2.05, 4.69) is 0 Å². The molecule has 22 heavy (non-hydrogen) atoms. The molecule has 1 aromatic carbocycles. The molecule has 2 aliphatic heterocycles. The predicted molar refractivity (Wildman–Crippen MR) is 84.1 cm³/mol. The number of amides is 2. The first-order valence-corrected chi connectivity index (χ1v) is 7.88. The van der Waals surface area contributed by atoms with Gasteiger partial charge in [-0.2, -0.15) is 0 Å². The zero-order chi connectivity index (χ0) is 15.7. The van der Waals surface area contributed by atoms with Gasteiger partial charge in [0.25, 0.3) is 5.91 Å². The van der Waals surface area contributed by atoms with Gasteiger partial charge < -0.3 is 14.5 Å². The molecule has 0 saturated carbocycles. The lowest BCUT2D eigenvalue weighted by atomic mass is 10.1. The number of carbonyl (C=O) groups is 2. The van der Waals surface area contributed by atoms with Crippen LogP contribution in [0.1, 0.15) is 36.2 Å². The van der Waals surface area contributed by atoms with E-state index in [1.54, 1.807) is 11.8 Å². The fraction of sp³-hybridized carbons (Fsp3) is 0.529. The maximum Gasteiger partial charge on any atom is 0.253 e. The average Bonchev–Trinajstić information content (AvgIpc) is 2.80. The van der Waals surface area contributed by atoms with Crippen LogP contribution in [0.5, 0.6) is 0 Å². The minimum atomic E-state index is 0.0521. The Morgan fingerprint density at radius 1 is 1.27 bits per heavy atom. The van der Waals surface area contributed by atoms with E-state index in [0.29, 0.717) is 25.3 Å². The number of anilines is 1. The van der Waals surface area contributed by atoms with Gasteiger partial charge in [-0.3, -0.25) is 9.59 Å². The Morgan fingerprint density at radius 3 is 2.86 bits per heavy atom. The second-order valence-corrected chi connectivity index (χ2v) is 6.05. The third-order valence-electron chi connectivity index (χ3n) is 4.34. The summed E-state index contributed by atoms with van der Waals surface area (Å²) in [5.41, 5.74) is 2.73. The van der Waals surface area contributed by atoms with Gasteiger partial charge in [0.1, 0.15) is 0 Å². The molecule has 5 nitrogen and oxygen atoms in total. The van der Waals surface area contributed by atoms with E-state index >= 15 is 0 Å². The number of nitrogens with zero attached hydrogens (tertiary/aromatic N) is 2. The topological polar surface area (TPSA) is 49.9 Å². The van der Waals surface area contributed by atoms with Crippen molar-refractivity contribution in [1.29, 1.82) is 0 Å². The maximum absolute atomic E-state index is 12.7. The molecule has 3 rings (SSSR count). The Kier molecular flexibility index (Phi) is 4.16. The van der Waals surface area contributed by atoms with E-state index in [-0.39, 0.29) is 17.9 Å². The molecule has 0 bridgehead atoms. The van der Waals surface area contributed by atoms with Gasteiger partial charge >= 0.3 is 0 Å². The summed E-state index contributed by atoms with van der Waals surface area (Å²) in [6, 6.07) is 5.67. The number of carbonyl (C=O) groups excluding carboxylic acids is 2. The summed E-state index contributed by atoms with van der Waals surface area (Å²) in [4.78, 5) is 27.9. The molecule has 0 spiro atoms. The van der Waals surface area contributed by atoms with Crippen LogP contribution in [0.15, 0.2) is 18.2 Å². The summed E-state index contributed by atoms with van der Waals surface area (Å²) < 4.78 is 5.60. The van der Waals surface area contributed by atoms with Crippen LogP contribution in [0.2, 0.25) is 0 Å². The Bertz CT molecular complexity index is 600. The van der Waals surface area contributed by atoms with E-state index < -0.39 is 0 Å². The van der Waals surface area contributed by atoms with Crippen molar-refractivity contribution in [3.8, 4) is 0 Å². The summed E-state index contributed by atoms with van der Waals surface area (Å²) >= 11 is 0. The highest BCUT2D eigenvalue weighted by Gasteiger charge is 2.25. The first-order chi connectivity index (χ1) is 10.6. The zero-order valence-electron chi connectivity index (χ0n) is 13.2. The molecule has 118 valence electrons. The number of hydrogen-bond acceptors (Lipinski definition) is 3. The highest BCUT2D eigenvalue weighted by molar-refractivity contribution is 5.97.